The van der Waals surface area contributed by atoms with Gasteiger partial charge in [-0.3, -0.25) is 0 Å². The Kier molecular flexibility index (Phi) is 5.07. The molecule has 2 nitrogen and oxygen atoms in total. The average molecular weight is 348 g/mol. The number of hydrogen-bond donors (Lipinski definition) is 1. The van der Waals surface area contributed by atoms with Crippen LogP contribution in [0.4, 0.5) is 0 Å². The Morgan fingerprint density at radius 1 is 1.05 bits per heavy atom. The zero-order valence-electron chi connectivity index (χ0n) is 13.0. The van der Waals surface area contributed by atoms with Gasteiger partial charge in [-0.2, -0.15) is 0 Å². The topological polar surface area (TPSA) is 21.3 Å². The highest BCUT2D eigenvalue weighted by atomic mass is 79.9. The third-order valence-electron chi connectivity index (χ3n) is 3.15. The van der Waals surface area contributed by atoms with E-state index < -0.39 is 0 Å². The molecule has 112 valence electrons. The van der Waals surface area contributed by atoms with Crippen LogP contribution < -0.4 is 10.1 Å². The van der Waals surface area contributed by atoms with Crippen LogP contribution in [0.1, 0.15) is 31.9 Å². The lowest BCUT2D eigenvalue weighted by atomic mass is 10.1. The number of rotatable bonds is 4. The molecule has 2 aromatic rings. The molecule has 3 heteroatoms. The Labute approximate surface area is 135 Å². The van der Waals surface area contributed by atoms with Gasteiger partial charge in [0.25, 0.3) is 0 Å². The van der Waals surface area contributed by atoms with Gasteiger partial charge in [0.15, 0.2) is 0 Å². The van der Waals surface area contributed by atoms with Crippen molar-refractivity contribution in [2.75, 3.05) is 0 Å². The summed E-state index contributed by atoms with van der Waals surface area (Å²) in [6.07, 6.45) is 0. The van der Waals surface area contributed by atoms with Gasteiger partial charge in [-0.25, -0.2) is 0 Å². The Bertz CT molecular complexity index is 617. The second kappa shape index (κ2) is 6.63. The molecule has 0 spiro atoms. The largest absolute Gasteiger partial charge is 0.457 e. The number of benzene rings is 2. The Balaban J connectivity index is 2.25. The molecule has 0 saturated heterocycles. The third kappa shape index (κ3) is 4.87. The van der Waals surface area contributed by atoms with Crippen molar-refractivity contribution in [2.45, 2.75) is 39.8 Å². The standard InChI is InChI=1S/C18H22BrNO/c1-13-7-5-6-8-16(13)21-17-11-15(19)10-9-14(17)12-20-18(2,3)4/h5-11,20H,12H2,1-4H3. The first kappa shape index (κ1) is 16.1. The number of nitrogens with one attached hydrogen (secondary N) is 1. The quantitative estimate of drug-likeness (QED) is 0.795. The van der Waals surface area contributed by atoms with E-state index in [2.05, 4.69) is 61.1 Å². The van der Waals surface area contributed by atoms with Gasteiger partial charge in [-0.15, -0.1) is 0 Å². The van der Waals surface area contributed by atoms with E-state index in [9.17, 15) is 0 Å². The molecule has 0 aliphatic heterocycles. The van der Waals surface area contributed by atoms with E-state index in [0.717, 1.165) is 33.6 Å². The number of aryl methyl sites for hydroxylation is 1. The van der Waals surface area contributed by atoms with Crippen LogP contribution in [0.5, 0.6) is 11.5 Å². The summed E-state index contributed by atoms with van der Waals surface area (Å²) in [4.78, 5) is 0. The first-order valence-electron chi connectivity index (χ1n) is 7.12. The number of halogens is 1. The molecule has 0 bridgehead atoms. The SMILES string of the molecule is Cc1ccccc1Oc1cc(Br)ccc1CNC(C)(C)C. The van der Waals surface area contributed by atoms with Crippen LogP contribution in [-0.2, 0) is 6.54 Å². The molecule has 0 radical (unpaired) electrons. The van der Waals surface area contributed by atoms with E-state index in [1.165, 1.54) is 0 Å². The van der Waals surface area contributed by atoms with E-state index in [-0.39, 0.29) is 5.54 Å². The van der Waals surface area contributed by atoms with Crippen molar-refractivity contribution in [1.29, 1.82) is 0 Å². The lowest BCUT2D eigenvalue weighted by Gasteiger charge is -2.22. The summed E-state index contributed by atoms with van der Waals surface area (Å²) in [6.45, 7) is 9.31. The summed E-state index contributed by atoms with van der Waals surface area (Å²) in [5.41, 5.74) is 2.36. The molecule has 0 amide bonds. The minimum atomic E-state index is 0.0764. The zero-order chi connectivity index (χ0) is 15.5. The second-order valence-electron chi connectivity index (χ2n) is 6.22. The number of hydrogen-bond acceptors (Lipinski definition) is 2. The molecule has 0 saturated carbocycles. The second-order valence-corrected chi connectivity index (χ2v) is 7.14. The first-order valence-corrected chi connectivity index (χ1v) is 7.91. The first-order chi connectivity index (χ1) is 9.85. The lowest BCUT2D eigenvalue weighted by Crippen LogP contribution is -2.35. The summed E-state index contributed by atoms with van der Waals surface area (Å²) in [5, 5.41) is 3.50. The summed E-state index contributed by atoms with van der Waals surface area (Å²) in [5.74, 6) is 1.78. The van der Waals surface area contributed by atoms with Crippen LogP contribution in [0.25, 0.3) is 0 Å². The van der Waals surface area contributed by atoms with Gasteiger partial charge >= 0.3 is 0 Å². The van der Waals surface area contributed by atoms with Gasteiger partial charge < -0.3 is 10.1 Å². The maximum atomic E-state index is 6.12. The average Bonchev–Trinajstić information content (AvgIpc) is 2.39. The van der Waals surface area contributed by atoms with E-state index in [1.807, 2.05) is 30.3 Å². The van der Waals surface area contributed by atoms with Crippen molar-refractivity contribution >= 4 is 15.9 Å². The molecule has 1 N–H and O–H groups in total. The molecular formula is C18H22BrNO. The van der Waals surface area contributed by atoms with E-state index in [4.69, 9.17) is 4.74 Å². The van der Waals surface area contributed by atoms with Crippen molar-refractivity contribution in [2.24, 2.45) is 0 Å². The van der Waals surface area contributed by atoms with Crippen molar-refractivity contribution in [3.8, 4) is 11.5 Å². The summed E-state index contributed by atoms with van der Waals surface area (Å²) in [7, 11) is 0. The van der Waals surface area contributed by atoms with Gasteiger partial charge in [0, 0.05) is 22.1 Å². The predicted molar refractivity (Wildman–Crippen MR) is 92.0 cm³/mol. The normalized spacial score (nSPS) is 11.5. The molecule has 2 aromatic carbocycles. The molecule has 0 aliphatic carbocycles. The lowest BCUT2D eigenvalue weighted by molar-refractivity contribution is 0.413. The van der Waals surface area contributed by atoms with Crippen molar-refractivity contribution in [3.05, 3.63) is 58.1 Å². The Hall–Kier alpha value is -1.32. The predicted octanol–water partition coefficient (Wildman–Crippen LogP) is 5.44. The van der Waals surface area contributed by atoms with Crippen molar-refractivity contribution in [1.82, 2.24) is 5.32 Å². The van der Waals surface area contributed by atoms with Crippen LogP contribution in [0, 0.1) is 6.92 Å². The van der Waals surface area contributed by atoms with E-state index in [1.54, 1.807) is 0 Å². The van der Waals surface area contributed by atoms with Crippen LogP contribution in [0.2, 0.25) is 0 Å². The maximum Gasteiger partial charge on any atom is 0.133 e. The summed E-state index contributed by atoms with van der Waals surface area (Å²) < 4.78 is 7.14. The van der Waals surface area contributed by atoms with Crippen molar-refractivity contribution in [3.63, 3.8) is 0 Å². The Morgan fingerprint density at radius 3 is 2.43 bits per heavy atom. The maximum absolute atomic E-state index is 6.12. The van der Waals surface area contributed by atoms with Crippen LogP contribution in [0.3, 0.4) is 0 Å². The molecule has 0 aromatic heterocycles. The zero-order valence-corrected chi connectivity index (χ0v) is 14.6. The van der Waals surface area contributed by atoms with Gasteiger partial charge in [-0.1, -0.05) is 40.2 Å². The van der Waals surface area contributed by atoms with Crippen LogP contribution in [0.15, 0.2) is 46.9 Å². The van der Waals surface area contributed by atoms with E-state index in [0.29, 0.717) is 0 Å². The fourth-order valence-corrected chi connectivity index (χ4v) is 2.26. The smallest absolute Gasteiger partial charge is 0.133 e. The summed E-state index contributed by atoms with van der Waals surface area (Å²) >= 11 is 3.52. The fraction of sp³-hybridized carbons (Fsp3) is 0.333. The van der Waals surface area contributed by atoms with Crippen LogP contribution in [-0.4, -0.2) is 5.54 Å². The highest BCUT2D eigenvalue weighted by Crippen LogP contribution is 2.30. The fourth-order valence-electron chi connectivity index (χ4n) is 1.92. The molecule has 0 aliphatic rings. The number of ether oxygens (including phenoxy) is 1. The van der Waals surface area contributed by atoms with Gasteiger partial charge in [0.05, 0.1) is 0 Å². The Morgan fingerprint density at radius 2 is 1.76 bits per heavy atom. The highest BCUT2D eigenvalue weighted by Gasteiger charge is 2.12. The van der Waals surface area contributed by atoms with Crippen molar-refractivity contribution < 1.29 is 4.74 Å². The highest BCUT2D eigenvalue weighted by molar-refractivity contribution is 9.10. The molecule has 0 heterocycles. The number of para-hydroxylation sites is 1. The minimum Gasteiger partial charge on any atom is -0.457 e. The van der Waals surface area contributed by atoms with Gasteiger partial charge in [0.1, 0.15) is 11.5 Å². The third-order valence-corrected chi connectivity index (χ3v) is 3.65. The van der Waals surface area contributed by atoms with Gasteiger partial charge in [-0.05, 0) is 51.5 Å². The molecule has 0 unspecified atom stereocenters. The van der Waals surface area contributed by atoms with Crippen LogP contribution >= 0.6 is 15.9 Å². The monoisotopic (exact) mass is 347 g/mol. The summed E-state index contributed by atoms with van der Waals surface area (Å²) in [6, 6.07) is 14.2. The van der Waals surface area contributed by atoms with E-state index >= 15 is 0 Å². The molecular weight excluding hydrogens is 326 g/mol. The molecule has 0 atom stereocenters. The minimum absolute atomic E-state index is 0.0764. The molecule has 21 heavy (non-hydrogen) atoms. The molecule has 2 rings (SSSR count). The molecule has 0 fully saturated rings. The van der Waals surface area contributed by atoms with Gasteiger partial charge in [0.2, 0.25) is 0 Å².